The molecule has 0 aromatic carbocycles. The second kappa shape index (κ2) is 3.67. The number of carbonyl (C=O) groups excluding carboxylic acids is 1. The van der Waals surface area contributed by atoms with Crippen LogP contribution < -0.4 is 5.32 Å². The summed E-state index contributed by atoms with van der Waals surface area (Å²) < 4.78 is 0. The van der Waals surface area contributed by atoms with E-state index in [0.29, 0.717) is 12.6 Å². The monoisotopic (exact) mass is 153 g/mol. The van der Waals surface area contributed by atoms with Gasteiger partial charge in [0.2, 0.25) is 0 Å². The minimum absolute atomic E-state index is 0.192. The lowest BCUT2D eigenvalue weighted by Gasteiger charge is -1.97. The van der Waals surface area contributed by atoms with E-state index in [9.17, 15) is 4.79 Å². The average Bonchev–Trinajstić information content (AvgIpc) is 2.63. The van der Waals surface area contributed by atoms with Gasteiger partial charge in [-0.05, 0) is 32.8 Å². The van der Waals surface area contributed by atoms with Crippen molar-refractivity contribution in [3.8, 4) is 0 Å². The molecule has 0 amide bonds. The van der Waals surface area contributed by atoms with E-state index in [2.05, 4.69) is 5.32 Å². The second-order valence-electron chi connectivity index (χ2n) is 3.34. The predicted molar refractivity (Wildman–Crippen MR) is 45.5 cm³/mol. The van der Waals surface area contributed by atoms with Gasteiger partial charge < -0.3 is 5.32 Å². The number of allylic oxidation sites excluding steroid dienone is 1. The molecule has 0 radical (unpaired) electrons. The quantitative estimate of drug-likeness (QED) is 0.616. The van der Waals surface area contributed by atoms with Crippen molar-refractivity contribution in [3.05, 3.63) is 11.6 Å². The van der Waals surface area contributed by atoms with Crippen LogP contribution in [0.4, 0.5) is 0 Å². The molecule has 1 fully saturated rings. The SMILES string of the molecule is CC(C)=CC(=O)CNC1CC1. The normalized spacial score (nSPS) is 16.2. The van der Waals surface area contributed by atoms with Crippen molar-refractivity contribution in [3.63, 3.8) is 0 Å². The highest BCUT2D eigenvalue weighted by Crippen LogP contribution is 2.17. The summed E-state index contributed by atoms with van der Waals surface area (Å²) in [5.74, 6) is 0.192. The topological polar surface area (TPSA) is 29.1 Å². The summed E-state index contributed by atoms with van der Waals surface area (Å²) in [4.78, 5) is 11.0. The molecule has 0 bridgehead atoms. The molecule has 11 heavy (non-hydrogen) atoms. The summed E-state index contributed by atoms with van der Waals surface area (Å²) in [7, 11) is 0. The largest absolute Gasteiger partial charge is 0.307 e. The third-order valence-electron chi connectivity index (χ3n) is 1.59. The zero-order valence-electron chi connectivity index (χ0n) is 7.18. The van der Waals surface area contributed by atoms with Gasteiger partial charge >= 0.3 is 0 Å². The highest BCUT2D eigenvalue weighted by molar-refractivity contribution is 5.91. The molecule has 1 aliphatic carbocycles. The van der Waals surface area contributed by atoms with Gasteiger partial charge in [-0.2, -0.15) is 0 Å². The molecule has 2 nitrogen and oxygen atoms in total. The van der Waals surface area contributed by atoms with Crippen LogP contribution in [0.25, 0.3) is 0 Å². The average molecular weight is 153 g/mol. The van der Waals surface area contributed by atoms with Crippen LogP contribution >= 0.6 is 0 Å². The van der Waals surface area contributed by atoms with E-state index in [1.165, 1.54) is 12.8 Å². The maximum atomic E-state index is 11.0. The van der Waals surface area contributed by atoms with Crippen LogP contribution in [0, 0.1) is 0 Å². The molecular weight excluding hydrogens is 138 g/mol. The molecule has 1 N–H and O–H groups in total. The Kier molecular flexibility index (Phi) is 2.83. The van der Waals surface area contributed by atoms with Crippen LogP contribution in [-0.2, 0) is 4.79 Å². The number of hydrogen-bond acceptors (Lipinski definition) is 2. The van der Waals surface area contributed by atoms with E-state index in [1.54, 1.807) is 6.08 Å². The highest BCUT2D eigenvalue weighted by atomic mass is 16.1. The third kappa shape index (κ3) is 3.94. The number of hydrogen-bond donors (Lipinski definition) is 1. The van der Waals surface area contributed by atoms with Crippen molar-refractivity contribution in [1.82, 2.24) is 5.32 Å². The molecule has 0 spiro atoms. The molecule has 0 aromatic heterocycles. The molecule has 0 atom stereocenters. The Bertz CT molecular complexity index is 176. The van der Waals surface area contributed by atoms with Crippen molar-refractivity contribution in [1.29, 1.82) is 0 Å². The van der Waals surface area contributed by atoms with E-state index in [4.69, 9.17) is 0 Å². The van der Waals surface area contributed by atoms with Crippen LogP contribution in [0.3, 0.4) is 0 Å². The molecule has 1 saturated carbocycles. The number of ketones is 1. The van der Waals surface area contributed by atoms with E-state index in [1.807, 2.05) is 13.8 Å². The van der Waals surface area contributed by atoms with Crippen LogP contribution in [0.2, 0.25) is 0 Å². The Hall–Kier alpha value is -0.630. The van der Waals surface area contributed by atoms with Crippen LogP contribution in [0.15, 0.2) is 11.6 Å². The summed E-state index contributed by atoms with van der Waals surface area (Å²) >= 11 is 0. The van der Waals surface area contributed by atoms with E-state index >= 15 is 0 Å². The van der Waals surface area contributed by atoms with E-state index < -0.39 is 0 Å². The zero-order valence-corrected chi connectivity index (χ0v) is 7.18. The summed E-state index contributed by atoms with van der Waals surface area (Å²) in [5.41, 5.74) is 1.08. The Morgan fingerprint density at radius 3 is 2.64 bits per heavy atom. The smallest absolute Gasteiger partial charge is 0.169 e. The maximum absolute atomic E-state index is 11.0. The maximum Gasteiger partial charge on any atom is 0.169 e. The molecule has 0 aromatic rings. The molecule has 0 aliphatic heterocycles. The fourth-order valence-corrected chi connectivity index (χ4v) is 0.905. The molecule has 0 unspecified atom stereocenters. The van der Waals surface area contributed by atoms with Crippen molar-refractivity contribution >= 4 is 5.78 Å². The summed E-state index contributed by atoms with van der Waals surface area (Å²) in [6.07, 6.45) is 4.17. The van der Waals surface area contributed by atoms with Gasteiger partial charge in [0.1, 0.15) is 0 Å². The standard InChI is InChI=1S/C9H15NO/c1-7(2)5-9(11)6-10-8-3-4-8/h5,8,10H,3-4,6H2,1-2H3. The first kappa shape index (κ1) is 8.47. The zero-order chi connectivity index (χ0) is 8.27. The van der Waals surface area contributed by atoms with E-state index in [0.717, 1.165) is 5.57 Å². The summed E-state index contributed by atoms with van der Waals surface area (Å²) in [6, 6.07) is 0.629. The van der Waals surface area contributed by atoms with Crippen molar-refractivity contribution < 1.29 is 4.79 Å². The third-order valence-corrected chi connectivity index (χ3v) is 1.59. The number of carbonyl (C=O) groups is 1. The molecule has 2 heteroatoms. The van der Waals surface area contributed by atoms with Crippen LogP contribution in [-0.4, -0.2) is 18.4 Å². The van der Waals surface area contributed by atoms with Gasteiger partial charge in [0.25, 0.3) is 0 Å². The Balaban J connectivity index is 2.14. The Morgan fingerprint density at radius 1 is 1.55 bits per heavy atom. The van der Waals surface area contributed by atoms with Gasteiger partial charge in [-0.1, -0.05) is 5.57 Å². The number of rotatable bonds is 4. The molecular formula is C9H15NO. The van der Waals surface area contributed by atoms with Crippen LogP contribution in [0.5, 0.6) is 0 Å². The van der Waals surface area contributed by atoms with Gasteiger partial charge in [0, 0.05) is 6.04 Å². The summed E-state index contributed by atoms with van der Waals surface area (Å²) in [6.45, 7) is 4.39. The van der Waals surface area contributed by atoms with Gasteiger partial charge in [-0.25, -0.2) is 0 Å². The minimum Gasteiger partial charge on any atom is -0.307 e. The molecule has 1 rings (SSSR count). The first-order valence-electron chi connectivity index (χ1n) is 4.09. The predicted octanol–water partition coefficient (Wildman–Crippen LogP) is 1.27. The Morgan fingerprint density at radius 2 is 2.18 bits per heavy atom. The first-order valence-corrected chi connectivity index (χ1v) is 4.09. The fourth-order valence-electron chi connectivity index (χ4n) is 0.905. The van der Waals surface area contributed by atoms with Crippen molar-refractivity contribution in [2.75, 3.05) is 6.54 Å². The van der Waals surface area contributed by atoms with Gasteiger partial charge in [-0.15, -0.1) is 0 Å². The first-order chi connectivity index (χ1) is 5.18. The second-order valence-corrected chi connectivity index (χ2v) is 3.34. The number of nitrogens with one attached hydrogen (secondary N) is 1. The molecule has 62 valence electrons. The lowest BCUT2D eigenvalue weighted by Crippen LogP contribution is -2.23. The van der Waals surface area contributed by atoms with Crippen molar-refractivity contribution in [2.24, 2.45) is 0 Å². The Labute approximate surface area is 67.7 Å². The lowest BCUT2D eigenvalue weighted by atomic mass is 10.2. The fraction of sp³-hybridized carbons (Fsp3) is 0.667. The lowest BCUT2D eigenvalue weighted by molar-refractivity contribution is -0.113. The van der Waals surface area contributed by atoms with Gasteiger partial charge in [0.15, 0.2) is 5.78 Å². The van der Waals surface area contributed by atoms with E-state index in [-0.39, 0.29) is 5.78 Å². The summed E-state index contributed by atoms with van der Waals surface area (Å²) in [5, 5.41) is 3.17. The molecule has 0 heterocycles. The van der Waals surface area contributed by atoms with Crippen molar-refractivity contribution in [2.45, 2.75) is 32.7 Å². The van der Waals surface area contributed by atoms with Crippen LogP contribution in [0.1, 0.15) is 26.7 Å². The van der Waals surface area contributed by atoms with Gasteiger partial charge in [0.05, 0.1) is 6.54 Å². The minimum atomic E-state index is 0.192. The highest BCUT2D eigenvalue weighted by Gasteiger charge is 2.20. The molecule has 0 saturated heterocycles. The molecule has 1 aliphatic rings. The van der Waals surface area contributed by atoms with Gasteiger partial charge in [-0.3, -0.25) is 4.79 Å².